The van der Waals surface area contributed by atoms with E-state index in [-0.39, 0.29) is 23.3 Å². The van der Waals surface area contributed by atoms with Gasteiger partial charge in [-0.25, -0.2) is 8.42 Å². The highest BCUT2D eigenvalue weighted by Gasteiger charge is 2.47. The smallest absolute Gasteiger partial charge is 0.222 e. The molecular formula is C14H24N2O4S. The van der Waals surface area contributed by atoms with E-state index >= 15 is 0 Å². The van der Waals surface area contributed by atoms with E-state index in [4.69, 9.17) is 4.74 Å². The zero-order valence-corrected chi connectivity index (χ0v) is 13.4. The molecule has 0 saturated carbocycles. The van der Waals surface area contributed by atoms with E-state index in [1.807, 2.05) is 4.90 Å². The number of ether oxygens (including phenoxy) is 1. The van der Waals surface area contributed by atoms with Crippen LogP contribution in [0.1, 0.15) is 39.0 Å². The van der Waals surface area contributed by atoms with Gasteiger partial charge in [0.25, 0.3) is 0 Å². The van der Waals surface area contributed by atoms with Crippen molar-refractivity contribution in [2.24, 2.45) is 0 Å². The molecular weight excluding hydrogens is 292 g/mol. The number of hydrogen-bond donors (Lipinski definition) is 0. The average Bonchev–Trinajstić information content (AvgIpc) is 3.06. The lowest BCUT2D eigenvalue weighted by Gasteiger charge is -2.41. The lowest BCUT2D eigenvalue weighted by atomic mass is 9.89. The molecule has 0 bridgehead atoms. The van der Waals surface area contributed by atoms with Crippen LogP contribution in [0.25, 0.3) is 0 Å². The van der Waals surface area contributed by atoms with Crippen molar-refractivity contribution in [3.8, 4) is 0 Å². The van der Waals surface area contributed by atoms with Gasteiger partial charge in [-0.3, -0.25) is 4.79 Å². The molecule has 0 N–H and O–H groups in total. The maximum atomic E-state index is 12.0. The van der Waals surface area contributed by atoms with Gasteiger partial charge in [-0.15, -0.1) is 0 Å². The summed E-state index contributed by atoms with van der Waals surface area (Å²) in [5.74, 6) is 0.380. The summed E-state index contributed by atoms with van der Waals surface area (Å²) in [5.41, 5.74) is -0.381. The number of amides is 1. The summed E-state index contributed by atoms with van der Waals surface area (Å²) < 4.78 is 31.6. The number of carbonyl (C=O) groups is 1. The molecule has 0 aromatic heterocycles. The van der Waals surface area contributed by atoms with Crippen LogP contribution in [0.5, 0.6) is 0 Å². The Morgan fingerprint density at radius 1 is 1.38 bits per heavy atom. The monoisotopic (exact) mass is 316 g/mol. The zero-order valence-electron chi connectivity index (χ0n) is 12.6. The van der Waals surface area contributed by atoms with Gasteiger partial charge >= 0.3 is 0 Å². The minimum absolute atomic E-state index is 0.136. The molecule has 1 spiro atoms. The number of likely N-dealkylation sites (tertiary alicyclic amines) is 1. The van der Waals surface area contributed by atoms with Crippen LogP contribution in [-0.4, -0.2) is 67.2 Å². The third kappa shape index (κ3) is 2.83. The summed E-state index contributed by atoms with van der Waals surface area (Å²) in [6.45, 7) is 4.12. The second-order valence-corrected chi connectivity index (χ2v) is 8.61. The van der Waals surface area contributed by atoms with E-state index in [0.29, 0.717) is 26.1 Å². The summed E-state index contributed by atoms with van der Waals surface area (Å²) in [6, 6.07) is 0.220. The number of carbonyl (C=O) groups excluding carboxylic acids is 1. The minimum atomic E-state index is -3.15. The van der Waals surface area contributed by atoms with E-state index in [2.05, 4.69) is 0 Å². The quantitative estimate of drug-likeness (QED) is 0.764. The molecule has 0 aromatic carbocycles. The molecule has 2 atom stereocenters. The van der Waals surface area contributed by atoms with Crippen molar-refractivity contribution in [1.29, 1.82) is 0 Å². The predicted octanol–water partition coefficient (Wildman–Crippen LogP) is 0.582. The second kappa shape index (κ2) is 5.52. The zero-order chi connectivity index (χ0) is 15.1. The van der Waals surface area contributed by atoms with E-state index in [1.54, 1.807) is 11.2 Å². The van der Waals surface area contributed by atoms with Crippen LogP contribution in [-0.2, 0) is 19.6 Å². The third-order valence-electron chi connectivity index (χ3n) is 5.06. The number of sulfonamides is 1. The molecule has 7 heteroatoms. The minimum Gasteiger partial charge on any atom is -0.373 e. The molecule has 6 nitrogen and oxygen atoms in total. The lowest BCUT2D eigenvalue weighted by molar-refractivity contribution is -0.137. The molecule has 3 aliphatic heterocycles. The Hall–Kier alpha value is -0.660. The molecule has 3 heterocycles. The fraction of sp³-hybridized carbons (Fsp3) is 0.929. The van der Waals surface area contributed by atoms with Gasteiger partial charge in [0.05, 0.1) is 11.4 Å². The van der Waals surface area contributed by atoms with Crippen LogP contribution >= 0.6 is 0 Å². The first-order valence-corrected chi connectivity index (χ1v) is 9.48. The Kier molecular flexibility index (Phi) is 4.00. The molecule has 0 radical (unpaired) electrons. The molecule has 3 fully saturated rings. The SMILES string of the molecule is CCS(=O)(=O)N1CC[C@]2(C[C@@H](N3CCCC3=O)CCO2)C1. The van der Waals surface area contributed by atoms with Crippen molar-refractivity contribution in [3.63, 3.8) is 0 Å². The standard InChI is InChI=1S/C14H24N2O4S/c1-2-21(18,19)15-8-6-14(11-15)10-12(5-9-20-14)16-7-3-4-13(16)17/h12H,2-11H2,1H3/t12-,14-/m0/s1. The number of rotatable bonds is 3. The molecule has 1 amide bonds. The Bertz CT molecular complexity index is 521. The fourth-order valence-electron chi connectivity index (χ4n) is 3.84. The topological polar surface area (TPSA) is 66.9 Å². The van der Waals surface area contributed by atoms with Crippen molar-refractivity contribution in [1.82, 2.24) is 9.21 Å². The summed E-state index contributed by atoms with van der Waals surface area (Å²) in [7, 11) is -3.15. The summed E-state index contributed by atoms with van der Waals surface area (Å²) in [6.07, 6.45) is 3.98. The van der Waals surface area contributed by atoms with Crippen LogP contribution in [0.2, 0.25) is 0 Å². The molecule has 0 aromatic rings. The average molecular weight is 316 g/mol. The van der Waals surface area contributed by atoms with Crippen LogP contribution in [0, 0.1) is 0 Å². The Balaban J connectivity index is 1.70. The predicted molar refractivity (Wildman–Crippen MR) is 78.3 cm³/mol. The fourth-order valence-corrected chi connectivity index (χ4v) is 5.00. The van der Waals surface area contributed by atoms with Gasteiger partial charge < -0.3 is 9.64 Å². The summed E-state index contributed by atoms with van der Waals surface area (Å²) >= 11 is 0. The molecule has 3 rings (SSSR count). The van der Waals surface area contributed by atoms with Gasteiger partial charge in [-0.1, -0.05) is 0 Å². The highest BCUT2D eigenvalue weighted by molar-refractivity contribution is 7.89. The number of hydrogen-bond acceptors (Lipinski definition) is 4. The largest absolute Gasteiger partial charge is 0.373 e. The van der Waals surface area contributed by atoms with Crippen molar-refractivity contribution < 1.29 is 17.9 Å². The van der Waals surface area contributed by atoms with Crippen molar-refractivity contribution in [2.75, 3.05) is 32.0 Å². The van der Waals surface area contributed by atoms with Crippen molar-refractivity contribution in [3.05, 3.63) is 0 Å². The van der Waals surface area contributed by atoms with Crippen molar-refractivity contribution in [2.45, 2.75) is 50.7 Å². The summed E-state index contributed by atoms with van der Waals surface area (Å²) in [5, 5.41) is 0. The van der Waals surface area contributed by atoms with Crippen molar-refractivity contribution >= 4 is 15.9 Å². The van der Waals surface area contributed by atoms with Gasteiger partial charge in [0.1, 0.15) is 0 Å². The van der Waals surface area contributed by atoms with E-state index in [1.165, 1.54) is 0 Å². The molecule has 0 unspecified atom stereocenters. The van der Waals surface area contributed by atoms with Crippen LogP contribution in [0.15, 0.2) is 0 Å². The highest BCUT2D eigenvalue weighted by Crippen LogP contribution is 2.37. The van der Waals surface area contributed by atoms with Gasteiger partial charge in [0, 0.05) is 38.7 Å². The first-order valence-electron chi connectivity index (χ1n) is 7.87. The van der Waals surface area contributed by atoms with Gasteiger partial charge in [0.15, 0.2) is 0 Å². The Morgan fingerprint density at radius 3 is 2.86 bits per heavy atom. The molecule has 3 aliphatic rings. The first kappa shape index (κ1) is 15.2. The van der Waals surface area contributed by atoms with E-state index in [9.17, 15) is 13.2 Å². The first-order chi connectivity index (χ1) is 9.96. The van der Waals surface area contributed by atoms with Gasteiger partial charge in [0.2, 0.25) is 15.9 Å². The molecule has 21 heavy (non-hydrogen) atoms. The number of nitrogens with zero attached hydrogens (tertiary/aromatic N) is 2. The molecule has 3 saturated heterocycles. The lowest BCUT2D eigenvalue weighted by Crippen LogP contribution is -2.50. The van der Waals surface area contributed by atoms with Gasteiger partial charge in [-0.05, 0) is 32.6 Å². The highest BCUT2D eigenvalue weighted by atomic mass is 32.2. The van der Waals surface area contributed by atoms with Gasteiger partial charge in [-0.2, -0.15) is 4.31 Å². The third-order valence-corrected chi connectivity index (χ3v) is 6.89. The second-order valence-electron chi connectivity index (χ2n) is 6.35. The maximum absolute atomic E-state index is 12.0. The van der Waals surface area contributed by atoms with Crippen LogP contribution < -0.4 is 0 Å². The molecule has 120 valence electrons. The van der Waals surface area contributed by atoms with E-state index in [0.717, 1.165) is 32.2 Å². The Labute approximate surface area is 126 Å². The van der Waals surface area contributed by atoms with Crippen LogP contribution in [0.4, 0.5) is 0 Å². The molecule has 0 aliphatic carbocycles. The van der Waals surface area contributed by atoms with E-state index < -0.39 is 10.0 Å². The summed E-state index contributed by atoms with van der Waals surface area (Å²) in [4.78, 5) is 13.9. The Morgan fingerprint density at radius 2 is 2.19 bits per heavy atom. The normalized spacial score (nSPS) is 35.0. The maximum Gasteiger partial charge on any atom is 0.222 e. The van der Waals surface area contributed by atoms with Crippen LogP contribution in [0.3, 0.4) is 0 Å².